The van der Waals surface area contributed by atoms with E-state index >= 15 is 0 Å². The lowest BCUT2D eigenvalue weighted by Gasteiger charge is -2.16. The Labute approximate surface area is 153 Å². The summed E-state index contributed by atoms with van der Waals surface area (Å²) >= 11 is 0. The highest BCUT2D eigenvalue weighted by Crippen LogP contribution is 2.25. The molecule has 0 aliphatic carbocycles. The summed E-state index contributed by atoms with van der Waals surface area (Å²) in [6.07, 6.45) is 2.30. The van der Waals surface area contributed by atoms with Crippen LogP contribution < -0.4 is 14.4 Å². The fourth-order valence-electron chi connectivity index (χ4n) is 2.94. The molecule has 1 aliphatic heterocycles. The summed E-state index contributed by atoms with van der Waals surface area (Å²) < 4.78 is 11.1. The highest BCUT2D eigenvalue weighted by molar-refractivity contribution is 5.95. The van der Waals surface area contributed by atoms with Crippen LogP contribution in [-0.2, 0) is 9.59 Å². The molecule has 1 heterocycles. The zero-order valence-electron chi connectivity index (χ0n) is 14.9. The quantitative estimate of drug-likeness (QED) is 0.430. The minimum absolute atomic E-state index is 0.113. The van der Waals surface area contributed by atoms with Gasteiger partial charge >= 0.3 is 5.97 Å². The number of ether oxygens (including phenoxy) is 2. The summed E-state index contributed by atoms with van der Waals surface area (Å²) in [5.74, 6) is 1.11. The molecule has 3 rings (SSSR count). The van der Waals surface area contributed by atoms with Crippen molar-refractivity contribution in [2.24, 2.45) is 0 Å². The molecule has 5 nitrogen and oxygen atoms in total. The molecule has 0 N–H and O–H groups in total. The number of esters is 1. The standard InChI is InChI=1S/C21H23NO4/c1-16-7-2-3-10-19(16)25-14-6-12-21(24)26-18-9-4-8-17(15-18)22-13-5-11-20(22)23/h2-4,7-10,15H,5-6,11-14H2,1H3. The molecule has 0 aromatic heterocycles. The fourth-order valence-corrected chi connectivity index (χ4v) is 2.94. The van der Waals surface area contributed by atoms with Crippen molar-refractivity contribution < 1.29 is 19.1 Å². The molecule has 0 radical (unpaired) electrons. The van der Waals surface area contributed by atoms with Crippen LogP contribution in [0.1, 0.15) is 31.2 Å². The molecule has 1 saturated heterocycles. The Morgan fingerprint density at radius 3 is 2.77 bits per heavy atom. The highest BCUT2D eigenvalue weighted by atomic mass is 16.5. The molecule has 0 saturated carbocycles. The van der Waals surface area contributed by atoms with Gasteiger partial charge in [-0.1, -0.05) is 24.3 Å². The van der Waals surface area contributed by atoms with Gasteiger partial charge in [0.15, 0.2) is 0 Å². The lowest BCUT2D eigenvalue weighted by atomic mass is 10.2. The van der Waals surface area contributed by atoms with Crippen LogP contribution in [0.25, 0.3) is 0 Å². The van der Waals surface area contributed by atoms with E-state index in [1.807, 2.05) is 37.3 Å². The fraction of sp³-hybridized carbons (Fsp3) is 0.333. The van der Waals surface area contributed by atoms with Gasteiger partial charge in [0.1, 0.15) is 11.5 Å². The Hall–Kier alpha value is -2.82. The number of carbonyl (C=O) groups is 2. The van der Waals surface area contributed by atoms with E-state index in [0.29, 0.717) is 31.7 Å². The van der Waals surface area contributed by atoms with E-state index in [9.17, 15) is 9.59 Å². The summed E-state index contributed by atoms with van der Waals surface area (Å²) in [6.45, 7) is 3.16. The minimum Gasteiger partial charge on any atom is -0.493 e. The summed E-state index contributed by atoms with van der Waals surface area (Å²) in [5.41, 5.74) is 1.85. The largest absolute Gasteiger partial charge is 0.493 e. The Balaban J connectivity index is 1.46. The maximum absolute atomic E-state index is 12.0. The molecule has 5 heteroatoms. The number of para-hydroxylation sites is 1. The van der Waals surface area contributed by atoms with Crippen molar-refractivity contribution in [2.75, 3.05) is 18.1 Å². The predicted molar refractivity (Wildman–Crippen MR) is 99.6 cm³/mol. The monoisotopic (exact) mass is 353 g/mol. The second kappa shape index (κ2) is 8.52. The van der Waals surface area contributed by atoms with E-state index in [4.69, 9.17) is 9.47 Å². The zero-order valence-corrected chi connectivity index (χ0v) is 14.9. The summed E-state index contributed by atoms with van der Waals surface area (Å²) in [6, 6.07) is 14.9. The summed E-state index contributed by atoms with van der Waals surface area (Å²) in [7, 11) is 0. The van der Waals surface area contributed by atoms with Crippen LogP contribution in [0.4, 0.5) is 5.69 Å². The topological polar surface area (TPSA) is 55.8 Å². The number of nitrogens with zero attached hydrogens (tertiary/aromatic N) is 1. The molecule has 2 aromatic carbocycles. The van der Waals surface area contributed by atoms with Gasteiger partial charge in [0.25, 0.3) is 0 Å². The van der Waals surface area contributed by atoms with Crippen LogP contribution >= 0.6 is 0 Å². The SMILES string of the molecule is Cc1ccccc1OCCCC(=O)Oc1cccc(N2CCCC2=O)c1. The van der Waals surface area contributed by atoms with Crippen LogP contribution in [0.3, 0.4) is 0 Å². The molecule has 1 fully saturated rings. The third-order valence-electron chi connectivity index (χ3n) is 4.31. The second-order valence-electron chi connectivity index (χ2n) is 6.34. The van der Waals surface area contributed by atoms with E-state index in [-0.39, 0.29) is 18.3 Å². The number of benzene rings is 2. The van der Waals surface area contributed by atoms with Crippen molar-refractivity contribution in [3.05, 3.63) is 54.1 Å². The van der Waals surface area contributed by atoms with Crippen molar-refractivity contribution in [2.45, 2.75) is 32.6 Å². The molecule has 0 bridgehead atoms. The first-order valence-corrected chi connectivity index (χ1v) is 8.93. The van der Waals surface area contributed by atoms with Crippen LogP contribution in [0.2, 0.25) is 0 Å². The average Bonchev–Trinajstić information content (AvgIpc) is 3.06. The molecule has 1 amide bonds. The van der Waals surface area contributed by atoms with Crippen LogP contribution in [0.15, 0.2) is 48.5 Å². The van der Waals surface area contributed by atoms with Crippen molar-refractivity contribution in [1.82, 2.24) is 0 Å². The molecule has 26 heavy (non-hydrogen) atoms. The number of aryl methyl sites for hydroxylation is 1. The van der Waals surface area contributed by atoms with E-state index in [1.54, 1.807) is 23.1 Å². The first-order valence-electron chi connectivity index (χ1n) is 8.93. The molecular weight excluding hydrogens is 330 g/mol. The zero-order chi connectivity index (χ0) is 18.4. The second-order valence-corrected chi connectivity index (χ2v) is 6.34. The minimum atomic E-state index is -0.303. The molecular formula is C21H23NO4. The number of carbonyl (C=O) groups excluding carboxylic acids is 2. The number of rotatable bonds is 7. The number of amides is 1. The molecule has 1 aliphatic rings. The van der Waals surface area contributed by atoms with E-state index in [1.165, 1.54) is 0 Å². The third-order valence-corrected chi connectivity index (χ3v) is 4.31. The number of anilines is 1. The van der Waals surface area contributed by atoms with Crippen LogP contribution in [0, 0.1) is 6.92 Å². The Morgan fingerprint density at radius 2 is 2.00 bits per heavy atom. The Morgan fingerprint density at radius 1 is 1.15 bits per heavy atom. The first-order chi connectivity index (χ1) is 12.6. The van der Waals surface area contributed by atoms with Crippen LogP contribution in [-0.4, -0.2) is 25.0 Å². The van der Waals surface area contributed by atoms with Gasteiger partial charge in [-0.15, -0.1) is 0 Å². The van der Waals surface area contributed by atoms with Crippen molar-refractivity contribution >= 4 is 17.6 Å². The van der Waals surface area contributed by atoms with Gasteiger partial charge in [-0.3, -0.25) is 9.59 Å². The van der Waals surface area contributed by atoms with Gasteiger partial charge in [0, 0.05) is 31.1 Å². The first kappa shape index (κ1) is 18.0. The average molecular weight is 353 g/mol. The smallest absolute Gasteiger partial charge is 0.311 e. The van der Waals surface area contributed by atoms with Crippen molar-refractivity contribution in [3.8, 4) is 11.5 Å². The highest BCUT2D eigenvalue weighted by Gasteiger charge is 2.22. The van der Waals surface area contributed by atoms with Crippen molar-refractivity contribution in [1.29, 1.82) is 0 Å². The Bertz CT molecular complexity index is 787. The van der Waals surface area contributed by atoms with Crippen LogP contribution in [0.5, 0.6) is 11.5 Å². The summed E-state index contributed by atoms with van der Waals surface area (Å²) in [4.78, 5) is 25.6. The molecule has 0 unspecified atom stereocenters. The number of hydrogen-bond acceptors (Lipinski definition) is 4. The predicted octanol–water partition coefficient (Wildman–Crippen LogP) is 3.89. The summed E-state index contributed by atoms with van der Waals surface area (Å²) in [5, 5.41) is 0. The van der Waals surface area contributed by atoms with E-state index in [0.717, 1.165) is 23.4 Å². The van der Waals surface area contributed by atoms with Gasteiger partial charge < -0.3 is 14.4 Å². The molecule has 136 valence electrons. The van der Waals surface area contributed by atoms with Gasteiger partial charge in [-0.05, 0) is 43.5 Å². The van der Waals surface area contributed by atoms with Gasteiger partial charge in [-0.2, -0.15) is 0 Å². The van der Waals surface area contributed by atoms with Gasteiger partial charge in [0.2, 0.25) is 5.91 Å². The lowest BCUT2D eigenvalue weighted by Crippen LogP contribution is -2.23. The molecule has 0 spiro atoms. The van der Waals surface area contributed by atoms with Crippen molar-refractivity contribution in [3.63, 3.8) is 0 Å². The maximum Gasteiger partial charge on any atom is 0.311 e. The van der Waals surface area contributed by atoms with Gasteiger partial charge in [0.05, 0.1) is 6.61 Å². The van der Waals surface area contributed by atoms with E-state index < -0.39 is 0 Å². The number of hydrogen-bond donors (Lipinski definition) is 0. The molecule has 0 atom stereocenters. The normalized spacial score (nSPS) is 13.7. The third kappa shape index (κ3) is 4.63. The lowest BCUT2D eigenvalue weighted by molar-refractivity contribution is -0.134. The Kier molecular flexibility index (Phi) is 5.89. The molecule has 2 aromatic rings. The van der Waals surface area contributed by atoms with E-state index in [2.05, 4.69) is 0 Å². The van der Waals surface area contributed by atoms with Gasteiger partial charge in [-0.25, -0.2) is 0 Å². The maximum atomic E-state index is 12.0.